The number of hydrogen-bond acceptors (Lipinski definition) is 4. The van der Waals surface area contributed by atoms with Crippen LogP contribution in [0.2, 0.25) is 0 Å². The van der Waals surface area contributed by atoms with E-state index >= 15 is 0 Å². The highest BCUT2D eigenvalue weighted by Gasteiger charge is 1.93. The molecule has 0 atom stereocenters. The molecule has 0 saturated carbocycles. The predicted molar refractivity (Wildman–Crippen MR) is 36.3 cm³/mol. The first kappa shape index (κ1) is 13.4. The Balaban J connectivity index is 0. The molecular weight excluding hydrogens is 200 g/mol. The van der Waals surface area contributed by atoms with Crippen molar-refractivity contribution in [1.82, 2.24) is 0 Å². The molecule has 0 rings (SSSR count). The van der Waals surface area contributed by atoms with Crippen LogP contribution in [-0.4, -0.2) is 36.2 Å². The van der Waals surface area contributed by atoms with Crippen LogP contribution in [0.4, 0.5) is 0 Å². The summed E-state index contributed by atoms with van der Waals surface area (Å²) in [6.07, 6.45) is 0. The van der Waals surface area contributed by atoms with Crippen molar-refractivity contribution in [1.29, 1.82) is 0 Å². The van der Waals surface area contributed by atoms with Gasteiger partial charge >= 0.3 is 10.4 Å². The van der Waals surface area contributed by atoms with Crippen molar-refractivity contribution >= 4 is 20.5 Å². The zero-order chi connectivity index (χ0) is 9.71. The van der Waals surface area contributed by atoms with E-state index in [1.165, 1.54) is 6.92 Å². The molecule has 0 spiro atoms. The monoisotopic (exact) mass is 208 g/mol. The molecule has 0 aliphatic heterocycles. The quantitative estimate of drug-likeness (QED) is 0.483. The first-order valence-electron chi connectivity index (χ1n) is 2.21. The maximum Gasteiger partial charge on any atom is 0.394 e. The lowest BCUT2D eigenvalue weighted by molar-refractivity contribution is 0.381. The molecule has 11 heavy (non-hydrogen) atoms. The second kappa shape index (κ2) is 4.62. The summed E-state index contributed by atoms with van der Waals surface area (Å²) in [5, 5.41) is 0. The fraction of sp³-hybridized carbons (Fsp3) is 1.00. The summed E-state index contributed by atoms with van der Waals surface area (Å²) in [5.41, 5.74) is 0. The average Bonchev–Trinajstić information content (AvgIpc) is 1.59. The number of hydrogen-bond donors (Lipinski definition) is 3. The summed E-state index contributed by atoms with van der Waals surface area (Å²) in [5.74, 6) is -0.201. The molecule has 0 fully saturated rings. The van der Waals surface area contributed by atoms with Crippen LogP contribution in [0.5, 0.6) is 0 Å². The maximum absolute atomic E-state index is 9.56. The lowest BCUT2D eigenvalue weighted by atomic mass is 11.0. The third-order valence-corrected chi connectivity index (χ3v) is 1.09. The summed E-state index contributed by atoms with van der Waals surface area (Å²) in [6.45, 7) is 1.37. The zero-order valence-electron chi connectivity index (χ0n) is 5.50. The Bertz CT molecular complexity index is 262. The van der Waals surface area contributed by atoms with E-state index < -0.39 is 20.5 Å². The molecule has 0 aromatic rings. The minimum atomic E-state index is -4.67. The minimum Gasteiger partial charge on any atom is -0.286 e. The lowest BCUT2D eigenvalue weighted by Crippen LogP contribution is -1.97. The van der Waals surface area contributed by atoms with Crippen molar-refractivity contribution in [3.8, 4) is 0 Å². The van der Waals surface area contributed by atoms with Crippen LogP contribution in [0.25, 0.3) is 0 Å². The first-order chi connectivity index (χ1) is 4.56. The van der Waals surface area contributed by atoms with E-state index in [0.29, 0.717) is 0 Å². The smallest absolute Gasteiger partial charge is 0.286 e. The Hall–Kier alpha value is -0.220. The van der Waals surface area contributed by atoms with Gasteiger partial charge in [0.25, 0.3) is 10.1 Å². The largest absolute Gasteiger partial charge is 0.394 e. The van der Waals surface area contributed by atoms with Crippen LogP contribution >= 0.6 is 0 Å². The van der Waals surface area contributed by atoms with E-state index in [0.717, 1.165) is 0 Å². The van der Waals surface area contributed by atoms with E-state index in [4.69, 9.17) is 22.1 Å². The van der Waals surface area contributed by atoms with E-state index in [-0.39, 0.29) is 5.75 Å². The molecule has 0 aromatic heterocycles. The highest BCUT2D eigenvalue weighted by atomic mass is 32.3. The van der Waals surface area contributed by atoms with Crippen molar-refractivity contribution < 1.29 is 30.5 Å². The van der Waals surface area contributed by atoms with Crippen molar-refractivity contribution in [2.24, 2.45) is 0 Å². The Morgan fingerprint density at radius 1 is 1.00 bits per heavy atom. The van der Waals surface area contributed by atoms with Crippen molar-refractivity contribution in [3.05, 3.63) is 0 Å². The van der Waals surface area contributed by atoms with Gasteiger partial charge in [0.15, 0.2) is 0 Å². The second-order valence-electron chi connectivity index (χ2n) is 1.32. The van der Waals surface area contributed by atoms with Gasteiger partial charge < -0.3 is 0 Å². The van der Waals surface area contributed by atoms with Gasteiger partial charge in [-0.2, -0.15) is 16.8 Å². The fourth-order valence-corrected chi connectivity index (χ4v) is 0. The minimum absolute atomic E-state index is 0.201. The van der Waals surface area contributed by atoms with Crippen LogP contribution in [0.3, 0.4) is 0 Å². The summed E-state index contributed by atoms with van der Waals surface area (Å²) in [4.78, 5) is 0. The van der Waals surface area contributed by atoms with Gasteiger partial charge in [-0.05, 0) is 6.92 Å². The Morgan fingerprint density at radius 3 is 1.09 bits per heavy atom. The van der Waals surface area contributed by atoms with Crippen LogP contribution in [0.15, 0.2) is 0 Å². The molecule has 0 bridgehead atoms. The molecule has 0 unspecified atom stereocenters. The van der Waals surface area contributed by atoms with Crippen molar-refractivity contribution in [2.75, 3.05) is 5.75 Å². The molecule has 0 amide bonds. The highest BCUT2D eigenvalue weighted by Crippen LogP contribution is 1.74. The molecule has 0 saturated heterocycles. The van der Waals surface area contributed by atoms with E-state index in [1.807, 2.05) is 0 Å². The lowest BCUT2D eigenvalue weighted by Gasteiger charge is -1.79. The van der Waals surface area contributed by atoms with E-state index in [2.05, 4.69) is 0 Å². The van der Waals surface area contributed by atoms with Gasteiger partial charge in [-0.1, -0.05) is 0 Å². The SMILES string of the molecule is CCS(=O)(=O)O.O=S(=O)(O)O. The summed E-state index contributed by atoms with van der Waals surface area (Å²) in [6, 6.07) is 0. The van der Waals surface area contributed by atoms with Crippen molar-refractivity contribution in [2.45, 2.75) is 6.92 Å². The predicted octanol–water partition coefficient (Wildman–Crippen LogP) is -0.759. The molecule has 0 aliphatic rings. The average molecular weight is 208 g/mol. The van der Waals surface area contributed by atoms with E-state index in [9.17, 15) is 8.42 Å². The third kappa shape index (κ3) is 76.6. The number of rotatable bonds is 1. The summed E-state index contributed by atoms with van der Waals surface area (Å²) in [7, 11) is -8.33. The second-order valence-corrected chi connectivity index (χ2v) is 3.96. The maximum atomic E-state index is 9.56. The topological polar surface area (TPSA) is 129 Å². The molecule has 9 heteroatoms. The highest BCUT2D eigenvalue weighted by molar-refractivity contribution is 7.85. The van der Waals surface area contributed by atoms with E-state index in [1.54, 1.807) is 0 Å². The first-order valence-corrected chi connectivity index (χ1v) is 5.22. The molecule has 0 aromatic carbocycles. The fourth-order valence-electron chi connectivity index (χ4n) is 0. The summed E-state index contributed by atoms with van der Waals surface area (Å²) < 4.78 is 58.5. The van der Waals surface area contributed by atoms with Crippen LogP contribution in [0, 0.1) is 0 Å². The molecule has 7 nitrogen and oxygen atoms in total. The van der Waals surface area contributed by atoms with Gasteiger partial charge in [-0.15, -0.1) is 0 Å². The van der Waals surface area contributed by atoms with Crippen LogP contribution < -0.4 is 0 Å². The van der Waals surface area contributed by atoms with Gasteiger partial charge in [-0.25, -0.2) is 0 Å². The van der Waals surface area contributed by atoms with Gasteiger partial charge in [0.2, 0.25) is 0 Å². The Labute approximate surface area is 64.4 Å². The molecule has 70 valence electrons. The standard InChI is InChI=1S/C2H6O3S.H2O4S/c1-2-6(3,4)5;1-5(2,3)4/h2H2,1H3,(H,3,4,5);(H2,1,2,3,4). The molecular formula is C2H8O7S2. The molecule has 3 N–H and O–H groups in total. The zero-order valence-corrected chi connectivity index (χ0v) is 7.13. The van der Waals surface area contributed by atoms with Gasteiger partial charge in [0.1, 0.15) is 0 Å². The molecule has 0 radical (unpaired) electrons. The van der Waals surface area contributed by atoms with Crippen molar-refractivity contribution in [3.63, 3.8) is 0 Å². The summed E-state index contributed by atoms with van der Waals surface area (Å²) >= 11 is 0. The molecule has 0 heterocycles. The normalized spacial score (nSPS) is 11.6. The van der Waals surface area contributed by atoms with Gasteiger partial charge in [-0.3, -0.25) is 13.7 Å². The van der Waals surface area contributed by atoms with Gasteiger partial charge in [0, 0.05) is 0 Å². The molecule has 0 aliphatic carbocycles. The van der Waals surface area contributed by atoms with Gasteiger partial charge in [0.05, 0.1) is 5.75 Å². The Kier molecular flexibility index (Phi) is 5.61. The van der Waals surface area contributed by atoms with Crippen LogP contribution in [0.1, 0.15) is 6.92 Å². The third-order valence-electron chi connectivity index (χ3n) is 0.365. The van der Waals surface area contributed by atoms with Crippen LogP contribution in [-0.2, 0) is 20.5 Å². The Morgan fingerprint density at radius 2 is 1.09 bits per heavy atom.